The Kier molecular flexibility index (Phi) is 7.60. The molecule has 4 aromatic rings. The van der Waals surface area contributed by atoms with Crippen molar-refractivity contribution in [2.75, 3.05) is 19.0 Å². The van der Waals surface area contributed by atoms with E-state index in [4.69, 9.17) is 9.47 Å². The third-order valence-corrected chi connectivity index (χ3v) is 6.74. The van der Waals surface area contributed by atoms with Crippen molar-refractivity contribution >= 4 is 56.3 Å². The molecule has 0 unspecified atom stereocenters. The molecule has 0 bridgehead atoms. The third-order valence-electron chi connectivity index (χ3n) is 6.12. The average molecular weight is 586 g/mol. The maximum absolute atomic E-state index is 12.9. The first-order valence-corrected chi connectivity index (χ1v) is 12.9. The minimum atomic E-state index is -0.671. The molecule has 5 rings (SSSR count). The third kappa shape index (κ3) is 5.94. The van der Waals surface area contributed by atoms with Gasteiger partial charge in [0.15, 0.2) is 0 Å². The number of rotatable bonds is 8. The van der Waals surface area contributed by atoms with Crippen LogP contribution in [0.5, 0.6) is 11.5 Å². The highest BCUT2D eigenvalue weighted by Gasteiger charge is 2.35. The van der Waals surface area contributed by atoms with Crippen molar-refractivity contribution in [3.63, 3.8) is 0 Å². The van der Waals surface area contributed by atoms with E-state index >= 15 is 0 Å². The van der Waals surface area contributed by atoms with Gasteiger partial charge in [0, 0.05) is 0 Å². The van der Waals surface area contributed by atoms with Gasteiger partial charge < -0.3 is 20.1 Å². The summed E-state index contributed by atoms with van der Waals surface area (Å²) in [6.45, 7) is -0.0460. The van der Waals surface area contributed by atoms with Crippen molar-refractivity contribution in [2.45, 2.75) is 6.61 Å². The van der Waals surface area contributed by atoms with Crippen LogP contribution in [0.1, 0.15) is 11.1 Å². The maximum atomic E-state index is 12.9. The number of amides is 4. The standard InChI is InChI=1S/C30H24BrN3O5/c1-38-27-9-5-4-8-24(27)32-28(35)17-34-29(36)25(33-30(34)37)16-19-11-13-26(23(31)15-19)39-18-20-10-12-21-6-2-3-7-22(21)14-20/h2-16H,17-18H2,1H3,(H,32,35)(H,33,37)/b25-16+. The second-order valence-electron chi connectivity index (χ2n) is 8.79. The van der Waals surface area contributed by atoms with Crippen molar-refractivity contribution in [1.29, 1.82) is 0 Å². The molecule has 0 aliphatic carbocycles. The maximum Gasteiger partial charge on any atom is 0.329 e. The number of fused-ring (bicyclic) bond motifs is 1. The zero-order valence-corrected chi connectivity index (χ0v) is 22.5. The van der Waals surface area contributed by atoms with Gasteiger partial charge in [0.1, 0.15) is 30.3 Å². The number of imide groups is 1. The number of hydrogen-bond acceptors (Lipinski definition) is 5. The van der Waals surface area contributed by atoms with Crippen LogP contribution in [0.4, 0.5) is 10.5 Å². The fourth-order valence-corrected chi connectivity index (χ4v) is 4.69. The van der Waals surface area contributed by atoms with Gasteiger partial charge >= 0.3 is 6.03 Å². The molecule has 0 atom stereocenters. The summed E-state index contributed by atoms with van der Waals surface area (Å²) >= 11 is 3.52. The number of urea groups is 1. The first-order chi connectivity index (χ1) is 18.9. The topological polar surface area (TPSA) is 97.0 Å². The normalized spacial score (nSPS) is 14.0. The predicted octanol–water partition coefficient (Wildman–Crippen LogP) is 5.72. The molecule has 1 saturated heterocycles. The van der Waals surface area contributed by atoms with Gasteiger partial charge in [0.25, 0.3) is 5.91 Å². The molecule has 1 aliphatic rings. The first kappa shape index (κ1) is 26.0. The highest BCUT2D eigenvalue weighted by Crippen LogP contribution is 2.29. The number of carbonyl (C=O) groups excluding carboxylic acids is 3. The van der Waals surface area contributed by atoms with E-state index in [0.717, 1.165) is 15.8 Å². The quantitative estimate of drug-likeness (QED) is 0.203. The van der Waals surface area contributed by atoms with Gasteiger partial charge in [-0.15, -0.1) is 0 Å². The fourth-order valence-electron chi connectivity index (χ4n) is 4.18. The highest BCUT2D eigenvalue weighted by atomic mass is 79.9. The van der Waals surface area contributed by atoms with Gasteiger partial charge in [-0.3, -0.25) is 9.59 Å². The van der Waals surface area contributed by atoms with E-state index < -0.39 is 24.4 Å². The minimum absolute atomic E-state index is 0.0711. The molecule has 196 valence electrons. The monoisotopic (exact) mass is 585 g/mol. The van der Waals surface area contributed by atoms with Crippen molar-refractivity contribution in [3.05, 3.63) is 106 Å². The lowest BCUT2D eigenvalue weighted by molar-refractivity contribution is -0.127. The Hall–Kier alpha value is -4.63. The van der Waals surface area contributed by atoms with Crippen LogP contribution in [0.25, 0.3) is 16.8 Å². The summed E-state index contributed by atoms with van der Waals surface area (Å²) in [4.78, 5) is 38.7. The van der Waals surface area contributed by atoms with Gasteiger partial charge in [0.05, 0.1) is 17.3 Å². The molecule has 8 nitrogen and oxygen atoms in total. The fraction of sp³-hybridized carbons (Fsp3) is 0.100. The number of anilines is 1. The lowest BCUT2D eigenvalue weighted by Crippen LogP contribution is -2.38. The van der Waals surface area contributed by atoms with Crippen LogP contribution in [0.15, 0.2) is 95.1 Å². The van der Waals surface area contributed by atoms with Gasteiger partial charge in [-0.1, -0.05) is 54.6 Å². The smallest absolute Gasteiger partial charge is 0.329 e. The molecular formula is C30H24BrN3O5. The molecule has 39 heavy (non-hydrogen) atoms. The summed E-state index contributed by atoms with van der Waals surface area (Å²) in [7, 11) is 1.49. The zero-order valence-electron chi connectivity index (χ0n) is 20.9. The lowest BCUT2D eigenvalue weighted by atomic mass is 10.1. The van der Waals surface area contributed by atoms with Crippen LogP contribution in [0.2, 0.25) is 0 Å². The lowest BCUT2D eigenvalue weighted by Gasteiger charge is -2.13. The largest absolute Gasteiger partial charge is 0.495 e. The van der Waals surface area contributed by atoms with Crippen molar-refractivity contribution in [1.82, 2.24) is 10.2 Å². The number of methoxy groups -OCH3 is 1. The van der Waals surface area contributed by atoms with Gasteiger partial charge in [-0.2, -0.15) is 0 Å². The summed E-state index contributed by atoms with van der Waals surface area (Å²) in [5.74, 6) is -0.0107. The Morgan fingerprint density at radius 3 is 2.51 bits per heavy atom. The van der Waals surface area contributed by atoms with Crippen LogP contribution in [-0.2, 0) is 16.2 Å². The Morgan fingerprint density at radius 1 is 0.949 bits per heavy atom. The molecule has 1 aliphatic heterocycles. The number of ether oxygens (including phenoxy) is 2. The number of hydrogen-bond donors (Lipinski definition) is 2. The molecule has 4 aromatic carbocycles. The SMILES string of the molecule is COc1ccccc1NC(=O)CN1C(=O)N/C(=C/c2ccc(OCc3ccc4ccccc4c3)c(Br)c2)C1=O. The van der Waals surface area contributed by atoms with E-state index in [-0.39, 0.29) is 5.70 Å². The van der Waals surface area contributed by atoms with E-state index in [9.17, 15) is 14.4 Å². The van der Waals surface area contributed by atoms with E-state index in [0.29, 0.717) is 33.8 Å². The first-order valence-electron chi connectivity index (χ1n) is 12.1. The van der Waals surface area contributed by atoms with Crippen molar-refractivity contribution in [2.24, 2.45) is 0 Å². The number of halogens is 1. The van der Waals surface area contributed by atoms with Gasteiger partial charge in [-0.05, 0) is 74.2 Å². The molecule has 1 heterocycles. The van der Waals surface area contributed by atoms with E-state index in [1.165, 1.54) is 12.5 Å². The highest BCUT2D eigenvalue weighted by molar-refractivity contribution is 9.10. The van der Waals surface area contributed by atoms with Crippen molar-refractivity contribution < 1.29 is 23.9 Å². The second kappa shape index (κ2) is 11.4. The Morgan fingerprint density at radius 2 is 1.72 bits per heavy atom. The van der Waals surface area contributed by atoms with E-state index in [1.807, 2.05) is 18.2 Å². The van der Waals surface area contributed by atoms with Crippen LogP contribution < -0.4 is 20.1 Å². The van der Waals surface area contributed by atoms with Crippen LogP contribution in [0, 0.1) is 0 Å². The molecule has 2 N–H and O–H groups in total. The molecule has 0 saturated carbocycles. The minimum Gasteiger partial charge on any atom is -0.495 e. The molecule has 0 aromatic heterocycles. The molecule has 1 fully saturated rings. The van der Waals surface area contributed by atoms with Crippen LogP contribution in [0.3, 0.4) is 0 Å². The van der Waals surface area contributed by atoms with Crippen molar-refractivity contribution in [3.8, 4) is 11.5 Å². The summed E-state index contributed by atoms with van der Waals surface area (Å²) in [5.41, 5.74) is 2.23. The van der Waals surface area contributed by atoms with Gasteiger partial charge in [-0.25, -0.2) is 9.69 Å². The van der Waals surface area contributed by atoms with Gasteiger partial charge in [0.2, 0.25) is 5.91 Å². The Balaban J connectivity index is 1.23. The number of benzene rings is 4. The van der Waals surface area contributed by atoms with Crippen LogP contribution >= 0.6 is 15.9 Å². The molecule has 9 heteroatoms. The Labute approximate surface area is 233 Å². The molecule has 0 radical (unpaired) electrons. The predicted molar refractivity (Wildman–Crippen MR) is 152 cm³/mol. The van der Waals surface area contributed by atoms with E-state index in [1.54, 1.807) is 48.5 Å². The summed E-state index contributed by atoms with van der Waals surface area (Å²) < 4.78 is 11.9. The average Bonchev–Trinajstić information content (AvgIpc) is 3.20. The molecule has 0 spiro atoms. The van der Waals surface area contributed by atoms with Crippen LogP contribution in [-0.4, -0.2) is 36.4 Å². The summed E-state index contributed by atoms with van der Waals surface area (Å²) in [6, 6.07) is 25.9. The number of nitrogens with one attached hydrogen (secondary N) is 2. The second-order valence-corrected chi connectivity index (χ2v) is 9.64. The van der Waals surface area contributed by atoms with E-state index in [2.05, 4.69) is 50.8 Å². The summed E-state index contributed by atoms with van der Waals surface area (Å²) in [5, 5.41) is 7.52. The number of nitrogens with zero attached hydrogens (tertiary/aromatic N) is 1. The Bertz CT molecular complexity index is 1620. The summed E-state index contributed by atoms with van der Waals surface area (Å²) in [6.07, 6.45) is 1.55. The molecular weight excluding hydrogens is 562 g/mol. The number of para-hydroxylation sites is 2. The zero-order chi connectivity index (χ0) is 27.4. The molecule has 4 amide bonds. The number of carbonyl (C=O) groups is 3.